The van der Waals surface area contributed by atoms with Crippen molar-refractivity contribution in [2.75, 3.05) is 29.4 Å². The minimum atomic E-state index is 0. The van der Waals surface area contributed by atoms with Crippen LogP contribution < -0.4 is 22.2 Å². The smallest absolute Gasteiger partial charge is 0.225 e. The van der Waals surface area contributed by atoms with Crippen LogP contribution in [0.2, 0.25) is 0 Å². The first kappa shape index (κ1) is 27.3. The summed E-state index contributed by atoms with van der Waals surface area (Å²) in [6.45, 7) is 11.5. The topological polar surface area (TPSA) is 84.2 Å². The number of quaternary nitrogens is 1. The molecule has 1 aliphatic rings. The maximum Gasteiger partial charge on any atom is 0.225 e. The van der Waals surface area contributed by atoms with Crippen LogP contribution in [0.1, 0.15) is 50.5 Å². The van der Waals surface area contributed by atoms with Crippen molar-refractivity contribution in [1.29, 1.82) is 0 Å². The first-order valence-electron chi connectivity index (χ1n) is 11.5. The molecule has 0 aliphatic carbocycles. The minimum Gasteiger partial charge on any atom is -1.00 e. The van der Waals surface area contributed by atoms with Crippen molar-refractivity contribution in [3.63, 3.8) is 0 Å². The molecule has 35 heavy (non-hydrogen) atoms. The van der Waals surface area contributed by atoms with Crippen molar-refractivity contribution in [3.8, 4) is 0 Å². The van der Waals surface area contributed by atoms with Gasteiger partial charge in [-0.1, -0.05) is 0 Å². The van der Waals surface area contributed by atoms with Crippen LogP contribution in [-0.2, 0) is 42.7 Å². The summed E-state index contributed by atoms with van der Waals surface area (Å²) in [5, 5.41) is 5.62. The number of carbonyl (C=O) groups is 2. The fraction of sp³-hybridized carbons (Fsp3) is 0.522. The van der Waals surface area contributed by atoms with Crippen molar-refractivity contribution in [2.45, 2.75) is 53.8 Å². The molecule has 0 saturated heterocycles. The SMILES string of the molecule is CCN(C(C)=O)c1nc(C[N+]2(Cc3csc(N(CC)C(C)=O)n3)CCc3c(ncn3C)C2)cs1.[Cl-]. The third-order valence-electron chi connectivity index (χ3n) is 6.38. The van der Waals surface area contributed by atoms with Gasteiger partial charge < -0.3 is 21.5 Å². The summed E-state index contributed by atoms with van der Waals surface area (Å²) in [5.41, 5.74) is 4.37. The Morgan fingerprint density at radius 1 is 1.00 bits per heavy atom. The summed E-state index contributed by atoms with van der Waals surface area (Å²) >= 11 is 3.03. The van der Waals surface area contributed by atoms with Crippen LogP contribution in [0.5, 0.6) is 0 Å². The summed E-state index contributed by atoms with van der Waals surface area (Å²) in [6, 6.07) is 0. The Balaban J connectivity index is 0.00000342. The molecule has 0 aromatic carbocycles. The number of hydrogen-bond acceptors (Lipinski definition) is 7. The average molecular weight is 538 g/mol. The van der Waals surface area contributed by atoms with E-state index in [0.29, 0.717) is 13.1 Å². The van der Waals surface area contributed by atoms with Crippen molar-refractivity contribution in [1.82, 2.24) is 19.5 Å². The molecule has 0 N–H and O–H groups in total. The van der Waals surface area contributed by atoms with E-state index < -0.39 is 0 Å². The van der Waals surface area contributed by atoms with Crippen LogP contribution in [0.15, 0.2) is 17.1 Å². The Bertz CT molecular complexity index is 1130. The number of imidazole rings is 1. The van der Waals surface area contributed by atoms with Gasteiger partial charge in [0.05, 0.1) is 18.6 Å². The van der Waals surface area contributed by atoms with E-state index in [-0.39, 0.29) is 24.2 Å². The molecule has 12 heteroatoms. The van der Waals surface area contributed by atoms with E-state index in [1.807, 2.05) is 27.2 Å². The molecule has 2 amide bonds. The van der Waals surface area contributed by atoms with E-state index in [1.54, 1.807) is 23.6 Å². The third kappa shape index (κ3) is 5.74. The largest absolute Gasteiger partial charge is 1.00 e. The Kier molecular flexibility index (Phi) is 8.68. The number of nitrogens with zero attached hydrogens (tertiary/aromatic N) is 7. The quantitative estimate of drug-likeness (QED) is 0.387. The zero-order valence-electron chi connectivity index (χ0n) is 20.8. The van der Waals surface area contributed by atoms with Crippen LogP contribution in [0.25, 0.3) is 0 Å². The van der Waals surface area contributed by atoms with Crippen molar-refractivity contribution >= 4 is 44.8 Å². The van der Waals surface area contributed by atoms with Crippen LogP contribution >= 0.6 is 22.7 Å². The number of amides is 2. The summed E-state index contributed by atoms with van der Waals surface area (Å²) in [5.74, 6) is 0.00805. The van der Waals surface area contributed by atoms with Crippen LogP contribution in [0, 0.1) is 0 Å². The van der Waals surface area contributed by atoms with Gasteiger partial charge in [-0.3, -0.25) is 19.4 Å². The number of fused-ring (bicyclic) bond motifs is 1. The lowest BCUT2D eigenvalue weighted by atomic mass is 10.1. The van der Waals surface area contributed by atoms with Gasteiger partial charge >= 0.3 is 0 Å². The van der Waals surface area contributed by atoms with Crippen LogP contribution in [0.3, 0.4) is 0 Å². The van der Waals surface area contributed by atoms with Gasteiger partial charge in [0.1, 0.15) is 36.7 Å². The number of aryl methyl sites for hydroxylation is 1. The molecule has 0 radical (unpaired) electrons. The molecule has 0 fully saturated rings. The van der Waals surface area contributed by atoms with Gasteiger partial charge in [-0.25, -0.2) is 15.0 Å². The highest BCUT2D eigenvalue weighted by atomic mass is 35.5. The molecular weight excluding hydrogens is 506 g/mol. The summed E-state index contributed by atoms with van der Waals surface area (Å²) in [7, 11) is 2.05. The predicted molar refractivity (Wildman–Crippen MR) is 135 cm³/mol. The number of halogens is 1. The van der Waals surface area contributed by atoms with E-state index in [9.17, 15) is 9.59 Å². The lowest BCUT2D eigenvalue weighted by Gasteiger charge is -2.40. The molecule has 0 saturated carbocycles. The molecule has 190 valence electrons. The Hall–Kier alpha value is -2.34. The number of hydrogen-bond donors (Lipinski definition) is 0. The normalized spacial score (nSPS) is 14.2. The molecule has 0 spiro atoms. The Morgan fingerprint density at radius 2 is 1.51 bits per heavy atom. The molecule has 3 aromatic rings. The van der Waals surface area contributed by atoms with Gasteiger partial charge in [-0.15, -0.1) is 22.7 Å². The van der Waals surface area contributed by atoms with Gasteiger partial charge in [0.2, 0.25) is 11.8 Å². The maximum atomic E-state index is 12.0. The minimum absolute atomic E-state index is 0. The number of thiazole rings is 2. The molecule has 4 heterocycles. The van der Waals surface area contributed by atoms with Gasteiger partial charge in [0.25, 0.3) is 0 Å². The van der Waals surface area contributed by atoms with E-state index in [2.05, 4.69) is 20.3 Å². The van der Waals surface area contributed by atoms with Gasteiger partial charge in [-0.2, -0.15) is 0 Å². The Labute approximate surface area is 220 Å². The van der Waals surface area contributed by atoms with E-state index in [4.69, 9.17) is 9.97 Å². The lowest BCUT2D eigenvalue weighted by Crippen LogP contribution is -3.00. The fourth-order valence-electron chi connectivity index (χ4n) is 4.68. The second-order valence-corrected chi connectivity index (χ2v) is 10.5. The van der Waals surface area contributed by atoms with Gasteiger partial charge in [0, 0.05) is 51.2 Å². The number of rotatable bonds is 8. The number of carbonyl (C=O) groups excluding carboxylic acids is 2. The second-order valence-electron chi connectivity index (χ2n) is 8.81. The van der Waals surface area contributed by atoms with Crippen molar-refractivity contribution in [3.05, 3.63) is 39.9 Å². The first-order chi connectivity index (χ1) is 16.2. The predicted octanol–water partition coefficient (Wildman–Crippen LogP) is 0.356. The highest BCUT2D eigenvalue weighted by Gasteiger charge is 2.37. The molecule has 4 rings (SSSR count). The summed E-state index contributed by atoms with van der Waals surface area (Å²) in [4.78, 5) is 41.7. The highest BCUT2D eigenvalue weighted by Crippen LogP contribution is 2.32. The lowest BCUT2D eigenvalue weighted by molar-refractivity contribution is -0.968. The molecule has 1 aliphatic heterocycles. The molecule has 3 aromatic heterocycles. The first-order valence-corrected chi connectivity index (χ1v) is 13.3. The molecule has 0 bridgehead atoms. The van der Waals surface area contributed by atoms with E-state index >= 15 is 0 Å². The number of anilines is 2. The van der Waals surface area contributed by atoms with Gasteiger partial charge in [-0.05, 0) is 13.8 Å². The zero-order valence-corrected chi connectivity index (χ0v) is 23.2. The Morgan fingerprint density at radius 3 is 1.97 bits per heavy atom. The summed E-state index contributed by atoms with van der Waals surface area (Å²) in [6.07, 6.45) is 2.83. The van der Waals surface area contributed by atoms with Crippen LogP contribution in [0.4, 0.5) is 10.3 Å². The van der Waals surface area contributed by atoms with Crippen molar-refractivity contribution in [2.24, 2.45) is 7.05 Å². The summed E-state index contributed by atoms with van der Waals surface area (Å²) < 4.78 is 2.87. The second kappa shape index (κ2) is 11.2. The van der Waals surface area contributed by atoms with Crippen molar-refractivity contribution < 1.29 is 26.5 Å². The maximum absolute atomic E-state index is 12.0. The zero-order chi connectivity index (χ0) is 24.5. The third-order valence-corrected chi connectivity index (χ3v) is 8.21. The molecule has 0 atom stereocenters. The molecular formula is C23H32ClN7O2S2. The average Bonchev–Trinajstić information content (AvgIpc) is 3.50. The number of aromatic nitrogens is 4. The van der Waals surface area contributed by atoms with E-state index in [1.165, 1.54) is 28.4 Å². The van der Waals surface area contributed by atoms with Gasteiger partial charge in [0.15, 0.2) is 10.3 Å². The van der Waals surface area contributed by atoms with Crippen LogP contribution in [-0.4, -0.2) is 55.5 Å². The fourth-order valence-corrected chi connectivity index (χ4v) is 6.53. The molecule has 0 unspecified atom stereocenters. The highest BCUT2D eigenvalue weighted by molar-refractivity contribution is 7.14. The molecule has 9 nitrogen and oxygen atoms in total. The van der Waals surface area contributed by atoms with E-state index in [0.717, 1.165) is 64.4 Å². The standard InChI is InChI=1S/C23H32N7O2S2.ClH/c1-6-28(16(3)31)22-25-18(13-33-22)10-30(9-8-21-20(12-30)24-15-27(21)5)11-19-14-34-23(26-19)29(7-2)17(4)32;/h13-15H,6-12H2,1-5H3;1H/q+1;/p-1. The monoisotopic (exact) mass is 537 g/mol.